The molecule has 0 heterocycles. The molecule has 0 aliphatic heterocycles. The Balaban J connectivity index is 1.65. The Morgan fingerprint density at radius 1 is 1.06 bits per heavy atom. The lowest BCUT2D eigenvalue weighted by atomic mass is 9.57. The molecule has 2 nitrogen and oxygen atoms in total. The van der Waals surface area contributed by atoms with Crippen LogP contribution in [0.4, 0.5) is 5.69 Å². The van der Waals surface area contributed by atoms with Crippen LogP contribution in [0.1, 0.15) is 44.9 Å². The second kappa shape index (κ2) is 4.83. The van der Waals surface area contributed by atoms with Crippen LogP contribution in [-0.4, -0.2) is 13.2 Å². The van der Waals surface area contributed by atoms with Crippen molar-refractivity contribution >= 4 is 5.69 Å². The monoisotopic (exact) mass is 245 g/mol. The summed E-state index contributed by atoms with van der Waals surface area (Å²) in [5, 5.41) is 3.73. The van der Waals surface area contributed by atoms with Crippen molar-refractivity contribution in [3.63, 3.8) is 0 Å². The van der Waals surface area contributed by atoms with Gasteiger partial charge < -0.3 is 10.1 Å². The summed E-state index contributed by atoms with van der Waals surface area (Å²) in [6.07, 6.45) is 9.94. The quantitative estimate of drug-likeness (QED) is 0.861. The number of rotatable bonds is 3. The summed E-state index contributed by atoms with van der Waals surface area (Å²) in [5.74, 6) is 0.932. The Labute approximate surface area is 110 Å². The van der Waals surface area contributed by atoms with Gasteiger partial charge in [0.15, 0.2) is 0 Å². The van der Waals surface area contributed by atoms with Gasteiger partial charge in [-0.3, -0.25) is 0 Å². The molecule has 2 fully saturated rings. The molecule has 2 aliphatic rings. The topological polar surface area (TPSA) is 21.3 Å². The van der Waals surface area contributed by atoms with E-state index in [1.807, 2.05) is 12.1 Å². The maximum Gasteiger partial charge on any atom is 0.119 e. The van der Waals surface area contributed by atoms with E-state index in [9.17, 15) is 0 Å². The van der Waals surface area contributed by atoms with Crippen molar-refractivity contribution in [2.75, 3.05) is 12.4 Å². The Kier molecular flexibility index (Phi) is 3.19. The highest BCUT2D eigenvalue weighted by molar-refractivity contribution is 5.48. The Morgan fingerprint density at radius 3 is 2.33 bits per heavy atom. The molecule has 0 aromatic heterocycles. The smallest absolute Gasteiger partial charge is 0.119 e. The predicted molar refractivity (Wildman–Crippen MR) is 75.2 cm³/mol. The Morgan fingerprint density at radius 2 is 1.78 bits per heavy atom. The van der Waals surface area contributed by atoms with Gasteiger partial charge in [0, 0.05) is 11.7 Å². The van der Waals surface area contributed by atoms with Crippen molar-refractivity contribution in [3.05, 3.63) is 24.3 Å². The van der Waals surface area contributed by atoms with E-state index in [4.69, 9.17) is 4.74 Å². The largest absolute Gasteiger partial charge is 0.497 e. The SMILES string of the molecule is COc1ccc(NC2CCC23CCCCC3)cc1. The lowest BCUT2D eigenvalue weighted by molar-refractivity contribution is 0.0571. The van der Waals surface area contributed by atoms with Crippen molar-refractivity contribution < 1.29 is 4.74 Å². The fourth-order valence-corrected chi connectivity index (χ4v) is 3.66. The number of benzene rings is 1. The van der Waals surface area contributed by atoms with E-state index in [0.717, 1.165) is 5.75 Å². The normalized spacial score (nSPS) is 25.5. The molecule has 98 valence electrons. The molecule has 2 saturated carbocycles. The molecule has 1 aromatic carbocycles. The number of methoxy groups -OCH3 is 1. The summed E-state index contributed by atoms with van der Waals surface area (Å²) in [7, 11) is 1.71. The van der Waals surface area contributed by atoms with Crippen LogP contribution >= 0.6 is 0 Å². The van der Waals surface area contributed by atoms with Gasteiger partial charge >= 0.3 is 0 Å². The van der Waals surface area contributed by atoms with Crippen LogP contribution in [-0.2, 0) is 0 Å². The van der Waals surface area contributed by atoms with E-state index < -0.39 is 0 Å². The van der Waals surface area contributed by atoms with Gasteiger partial charge in [0.05, 0.1) is 7.11 Å². The Bertz CT molecular complexity index is 392. The van der Waals surface area contributed by atoms with Gasteiger partial charge in [-0.1, -0.05) is 19.3 Å². The van der Waals surface area contributed by atoms with Crippen molar-refractivity contribution in [2.45, 2.75) is 51.0 Å². The molecule has 2 aliphatic carbocycles. The van der Waals surface area contributed by atoms with E-state index in [0.29, 0.717) is 11.5 Å². The zero-order chi connectivity index (χ0) is 12.4. The molecule has 1 unspecified atom stereocenters. The molecule has 1 aromatic rings. The van der Waals surface area contributed by atoms with Gasteiger partial charge in [-0.25, -0.2) is 0 Å². The number of ether oxygens (including phenoxy) is 1. The highest BCUT2D eigenvalue weighted by Crippen LogP contribution is 2.52. The molecule has 18 heavy (non-hydrogen) atoms. The van der Waals surface area contributed by atoms with Crippen LogP contribution in [0.2, 0.25) is 0 Å². The van der Waals surface area contributed by atoms with Crippen molar-refractivity contribution in [1.82, 2.24) is 0 Å². The molecule has 1 spiro atoms. The van der Waals surface area contributed by atoms with Gasteiger partial charge in [0.25, 0.3) is 0 Å². The fourth-order valence-electron chi connectivity index (χ4n) is 3.66. The van der Waals surface area contributed by atoms with Crippen LogP contribution < -0.4 is 10.1 Å². The van der Waals surface area contributed by atoms with Crippen LogP contribution in [0.15, 0.2) is 24.3 Å². The van der Waals surface area contributed by atoms with Crippen molar-refractivity contribution in [3.8, 4) is 5.75 Å². The molecule has 1 atom stereocenters. The second-order valence-electron chi connectivity index (χ2n) is 5.89. The predicted octanol–water partition coefficient (Wildman–Crippen LogP) is 4.22. The van der Waals surface area contributed by atoms with Gasteiger partial charge in [-0.15, -0.1) is 0 Å². The lowest BCUT2D eigenvalue weighted by Gasteiger charge is -2.52. The molecule has 0 bridgehead atoms. The summed E-state index contributed by atoms with van der Waals surface area (Å²) in [4.78, 5) is 0. The van der Waals surface area contributed by atoms with E-state index in [2.05, 4.69) is 17.4 Å². The third-order valence-electron chi connectivity index (χ3n) is 4.95. The summed E-state index contributed by atoms with van der Waals surface area (Å²) in [6, 6.07) is 9.04. The first-order chi connectivity index (χ1) is 8.82. The van der Waals surface area contributed by atoms with Crippen LogP contribution in [0, 0.1) is 5.41 Å². The number of anilines is 1. The number of hydrogen-bond acceptors (Lipinski definition) is 2. The third kappa shape index (κ3) is 2.09. The molecule has 0 amide bonds. The first-order valence-corrected chi connectivity index (χ1v) is 7.23. The van der Waals surface area contributed by atoms with E-state index >= 15 is 0 Å². The maximum atomic E-state index is 5.20. The standard InChI is InChI=1S/C16H23NO/c1-18-14-7-5-13(6-8-14)17-15-9-12-16(15)10-3-2-4-11-16/h5-8,15,17H,2-4,9-12H2,1H3. The van der Waals surface area contributed by atoms with Crippen LogP contribution in [0.3, 0.4) is 0 Å². The van der Waals surface area contributed by atoms with Crippen molar-refractivity contribution in [2.24, 2.45) is 5.41 Å². The van der Waals surface area contributed by atoms with Crippen LogP contribution in [0.25, 0.3) is 0 Å². The summed E-state index contributed by atoms with van der Waals surface area (Å²) < 4.78 is 5.20. The zero-order valence-electron chi connectivity index (χ0n) is 11.2. The average molecular weight is 245 g/mol. The third-order valence-corrected chi connectivity index (χ3v) is 4.95. The minimum Gasteiger partial charge on any atom is -0.497 e. The first-order valence-electron chi connectivity index (χ1n) is 7.23. The molecule has 1 N–H and O–H groups in total. The summed E-state index contributed by atoms with van der Waals surface area (Å²) in [5.41, 5.74) is 1.86. The minimum absolute atomic E-state index is 0.623. The average Bonchev–Trinajstić information content (AvgIpc) is 2.45. The second-order valence-corrected chi connectivity index (χ2v) is 5.89. The summed E-state index contributed by atoms with van der Waals surface area (Å²) >= 11 is 0. The van der Waals surface area contributed by atoms with Gasteiger partial charge in [-0.05, 0) is 55.4 Å². The van der Waals surface area contributed by atoms with E-state index in [-0.39, 0.29) is 0 Å². The molecule has 0 radical (unpaired) electrons. The molecular formula is C16H23NO. The molecule has 3 rings (SSSR count). The van der Waals surface area contributed by atoms with Crippen molar-refractivity contribution in [1.29, 1.82) is 0 Å². The maximum absolute atomic E-state index is 5.20. The minimum atomic E-state index is 0.623. The van der Waals surface area contributed by atoms with Gasteiger partial charge in [-0.2, -0.15) is 0 Å². The van der Waals surface area contributed by atoms with Gasteiger partial charge in [0.2, 0.25) is 0 Å². The van der Waals surface area contributed by atoms with E-state index in [1.165, 1.54) is 50.6 Å². The molecular weight excluding hydrogens is 222 g/mol. The highest BCUT2D eigenvalue weighted by Gasteiger charge is 2.46. The zero-order valence-corrected chi connectivity index (χ0v) is 11.2. The van der Waals surface area contributed by atoms with Gasteiger partial charge in [0.1, 0.15) is 5.75 Å². The fraction of sp³-hybridized carbons (Fsp3) is 0.625. The van der Waals surface area contributed by atoms with Crippen LogP contribution in [0.5, 0.6) is 5.75 Å². The first kappa shape index (κ1) is 11.9. The number of nitrogens with one attached hydrogen (secondary N) is 1. The van der Waals surface area contributed by atoms with E-state index in [1.54, 1.807) is 7.11 Å². The Hall–Kier alpha value is -1.18. The molecule has 2 heteroatoms. The summed E-state index contributed by atoms with van der Waals surface area (Å²) in [6.45, 7) is 0. The lowest BCUT2D eigenvalue weighted by Crippen LogP contribution is -2.50. The number of hydrogen-bond donors (Lipinski definition) is 1. The highest BCUT2D eigenvalue weighted by atomic mass is 16.5. The molecule has 0 saturated heterocycles.